The van der Waals surface area contributed by atoms with Crippen LogP contribution in [-0.2, 0) is 4.57 Å². The third kappa shape index (κ3) is 5.22. The Morgan fingerprint density at radius 3 is 2.48 bits per heavy atom. The predicted octanol–water partition coefficient (Wildman–Crippen LogP) is 5.17. The highest BCUT2D eigenvalue weighted by atomic mass is 31.2. The van der Waals surface area contributed by atoms with Crippen molar-refractivity contribution in [1.82, 2.24) is 9.99 Å². The van der Waals surface area contributed by atoms with Crippen LogP contribution in [0.5, 0.6) is 0 Å². The highest BCUT2D eigenvalue weighted by molar-refractivity contribution is 7.74. The summed E-state index contributed by atoms with van der Waals surface area (Å²) < 4.78 is 14.4. The summed E-state index contributed by atoms with van der Waals surface area (Å²) >= 11 is 0. The van der Waals surface area contributed by atoms with E-state index in [-0.39, 0.29) is 6.04 Å². The first-order valence-electron chi connectivity index (χ1n) is 10.5. The average Bonchev–Trinajstić information content (AvgIpc) is 2.69. The summed E-state index contributed by atoms with van der Waals surface area (Å²) in [4.78, 5) is 2.55. The van der Waals surface area contributed by atoms with E-state index in [9.17, 15) is 4.57 Å². The molecule has 0 amide bonds. The van der Waals surface area contributed by atoms with Crippen molar-refractivity contribution >= 4 is 12.6 Å². The second-order valence-corrected chi connectivity index (χ2v) is 11.0. The molecule has 1 aromatic rings. The Hall–Kier alpha value is -1.15. The Morgan fingerprint density at radius 1 is 1.15 bits per heavy atom. The molecule has 4 heteroatoms. The molecule has 1 aromatic carbocycles. The van der Waals surface area contributed by atoms with E-state index >= 15 is 0 Å². The SMILES string of the molecule is CC1C=C(P(=O)(N[C@@H](CN2CCCCC2)C(C)C)c2ccccc2)C=CC1. The van der Waals surface area contributed by atoms with Crippen molar-refractivity contribution in [2.45, 2.75) is 52.5 Å². The number of allylic oxidation sites excluding steroid dienone is 4. The smallest absolute Gasteiger partial charge is 0.204 e. The van der Waals surface area contributed by atoms with Gasteiger partial charge in [-0.25, -0.2) is 0 Å². The van der Waals surface area contributed by atoms with Crippen LogP contribution in [0.4, 0.5) is 0 Å². The standard InChI is InChI=1S/C23H35N2OP/c1-19(2)23(18-25-15-8-5-9-16-25)24-27(26,21-12-6-4-7-13-21)22-14-10-11-20(3)17-22/h4,6-7,10,12-14,17,19-20,23H,5,8-9,11,15-16,18H2,1-3H3,(H,24,26)/t20?,23-,27?/m0/s1. The number of rotatable bonds is 7. The number of benzene rings is 1. The molecule has 1 fully saturated rings. The van der Waals surface area contributed by atoms with Crippen LogP contribution in [0.25, 0.3) is 0 Å². The van der Waals surface area contributed by atoms with Gasteiger partial charge < -0.3 is 4.90 Å². The normalized spacial score (nSPS) is 24.4. The Bertz CT molecular complexity index is 704. The minimum Gasteiger partial charge on any atom is -0.302 e. The third-order valence-corrected chi connectivity index (χ3v) is 8.54. The first kappa shape index (κ1) is 20.6. The highest BCUT2D eigenvalue weighted by Gasteiger charge is 2.33. The van der Waals surface area contributed by atoms with Gasteiger partial charge in [0.15, 0.2) is 0 Å². The van der Waals surface area contributed by atoms with Crippen molar-refractivity contribution in [2.75, 3.05) is 19.6 Å². The molecule has 0 spiro atoms. The van der Waals surface area contributed by atoms with Crippen LogP contribution in [0, 0.1) is 11.8 Å². The Labute approximate surface area is 165 Å². The second-order valence-electron chi connectivity index (χ2n) is 8.49. The molecule has 0 aromatic heterocycles. The van der Waals surface area contributed by atoms with E-state index in [0.29, 0.717) is 11.8 Å². The molecule has 27 heavy (non-hydrogen) atoms. The van der Waals surface area contributed by atoms with E-state index in [4.69, 9.17) is 0 Å². The van der Waals surface area contributed by atoms with Crippen molar-refractivity contribution < 1.29 is 4.57 Å². The molecule has 1 saturated heterocycles. The van der Waals surface area contributed by atoms with Crippen LogP contribution in [0.2, 0.25) is 0 Å². The summed E-state index contributed by atoms with van der Waals surface area (Å²) in [5.41, 5.74) is 0. The maximum Gasteiger partial charge on any atom is 0.204 e. The summed E-state index contributed by atoms with van der Waals surface area (Å²) in [6.07, 6.45) is 11.4. The van der Waals surface area contributed by atoms with Gasteiger partial charge in [0.05, 0.1) is 0 Å². The Balaban J connectivity index is 1.89. The fourth-order valence-corrected chi connectivity index (χ4v) is 6.83. The number of nitrogens with one attached hydrogen (secondary N) is 1. The van der Waals surface area contributed by atoms with Gasteiger partial charge in [-0.05, 0) is 56.3 Å². The number of nitrogens with zero attached hydrogens (tertiary/aromatic N) is 1. The van der Waals surface area contributed by atoms with Crippen molar-refractivity contribution in [3.63, 3.8) is 0 Å². The Kier molecular flexibility index (Phi) is 7.14. The van der Waals surface area contributed by atoms with Crippen LogP contribution in [-0.4, -0.2) is 30.6 Å². The topological polar surface area (TPSA) is 32.3 Å². The van der Waals surface area contributed by atoms with Gasteiger partial charge in [0.1, 0.15) is 0 Å². The maximum absolute atomic E-state index is 14.4. The molecular formula is C23H35N2OP. The number of likely N-dealkylation sites (tertiary alicyclic amines) is 1. The summed E-state index contributed by atoms with van der Waals surface area (Å²) in [6, 6.07) is 10.2. The lowest BCUT2D eigenvalue weighted by atomic mass is 10.0. The average molecular weight is 387 g/mol. The summed E-state index contributed by atoms with van der Waals surface area (Å²) in [5, 5.41) is 5.56. The zero-order chi connectivity index (χ0) is 19.3. The molecule has 1 aliphatic carbocycles. The van der Waals surface area contributed by atoms with Crippen LogP contribution in [0.15, 0.2) is 53.9 Å². The van der Waals surface area contributed by atoms with E-state index in [1.54, 1.807) is 0 Å². The number of piperidine rings is 1. The van der Waals surface area contributed by atoms with E-state index < -0.39 is 7.29 Å². The highest BCUT2D eigenvalue weighted by Crippen LogP contribution is 2.52. The number of hydrogen-bond donors (Lipinski definition) is 1. The molecule has 3 nitrogen and oxygen atoms in total. The lowest BCUT2D eigenvalue weighted by molar-refractivity contribution is 0.197. The monoisotopic (exact) mass is 386 g/mol. The van der Waals surface area contributed by atoms with Crippen molar-refractivity contribution in [3.05, 3.63) is 53.9 Å². The molecule has 0 saturated carbocycles. The minimum atomic E-state index is -2.86. The molecule has 2 unspecified atom stereocenters. The lowest BCUT2D eigenvalue weighted by Crippen LogP contribution is -2.45. The second kappa shape index (κ2) is 9.37. The molecule has 1 N–H and O–H groups in total. The largest absolute Gasteiger partial charge is 0.302 e. The van der Waals surface area contributed by atoms with Gasteiger partial charge in [0.25, 0.3) is 0 Å². The zero-order valence-corrected chi connectivity index (χ0v) is 18.0. The summed E-state index contributed by atoms with van der Waals surface area (Å²) in [6.45, 7) is 9.99. The molecular weight excluding hydrogens is 351 g/mol. The molecule has 1 heterocycles. The molecule has 0 radical (unpaired) electrons. The quantitative estimate of drug-likeness (QED) is 0.656. The molecule has 1 aliphatic heterocycles. The molecule has 148 valence electrons. The molecule has 2 aliphatic rings. The zero-order valence-electron chi connectivity index (χ0n) is 17.1. The van der Waals surface area contributed by atoms with Crippen molar-refractivity contribution in [3.8, 4) is 0 Å². The van der Waals surface area contributed by atoms with E-state index in [1.165, 1.54) is 32.4 Å². The van der Waals surface area contributed by atoms with Gasteiger partial charge >= 0.3 is 0 Å². The van der Waals surface area contributed by atoms with Gasteiger partial charge in [-0.3, -0.25) is 9.65 Å². The van der Waals surface area contributed by atoms with Crippen LogP contribution < -0.4 is 10.4 Å². The Morgan fingerprint density at radius 2 is 1.85 bits per heavy atom. The van der Waals surface area contributed by atoms with E-state index in [2.05, 4.69) is 49.0 Å². The van der Waals surface area contributed by atoms with Gasteiger partial charge in [-0.2, -0.15) is 0 Å². The first-order chi connectivity index (χ1) is 13.0. The third-order valence-electron chi connectivity index (χ3n) is 5.79. The van der Waals surface area contributed by atoms with Gasteiger partial charge in [0.2, 0.25) is 7.29 Å². The lowest BCUT2D eigenvalue weighted by Gasteiger charge is -2.35. The van der Waals surface area contributed by atoms with E-state index in [1.807, 2.05) is 30.3 Å². The van der Waals surface area contributed by atoms with Crippen molar-refractivity contribution in [1.29, 1.82) is 0 Å². The van der Waals surface area contributed by atoms with Crippen molar-refractivity contribution in [2.24, 2.45) is 11.8 Å². The van der Waals surface area contributed by atoms with Gasteiger partial charge in [-0.15, -0.1) is 0 Å². The minimum absolute atomic E-state index is 0.209. The van der Waals surface area contributed by atoms with Crippen LogP contribution >= 0.6 is 7.29 Å². The van der Waals surface area contributed by atoms with Crippen LogP contribution in [0.1, 0.15) is 46.5 Å². The van der Waals surface area contributed by atoms with Crippen LogP contribution in [0.3, 0.4) is 0 Å². The summed E-state index contributed by atoms with van der Waals surface area (Å²) in [7, 11) is -2.86. The molecule has 3 atom stereocenters. The predicted molar refractivity (Wildman–Crippen MR) is 117 cm³/mol. The fourth-order valence-electron chi connectivity index (χ4n) is 4.02. The molecule has 0 bridgehead atoms. The maximum atomic E-state index is 14.4. The van der Waals surface area contributed by atoms with Gasteiger partial charge in [0, 0.05) is 23.2 Å². The fraction of sp³-hybridized carbons (Fsp3) is 0.565. The summed E-state index contributed by atoms with van der Waals surface area (Å²) in [5.74, 6) is 0.859. The van der Waals surface area contributed by atoms with E-state index in [0.717, 1.165) is 23.6 Å². The number of hydrogen-bond acceptors (Lipinski definition) is 2. The van der Waals surface area contributed by atoms with Gasteiger partial charge in [-0.1, -0.05) is 63.6 Å². The first-order valence-corrected chi connectivity index (χ1v) is 12.2. The molecule has 3 rings (SSSR count).